The fourth-order valence-corrected chi connectivity index (χ4v) is 3.30. The van der Waals surface area contributed by atoms with Crippen LogP contribution in [0.25, 0.3) is 10.2 Å². The average Bonchev–Trinajstić information content (AvgIpc) is 2.81. The molecule has 0 saturated heterocycles. The number of rotatable bonds is 4. The van der Waals surface area contributed by atoms with E-state index in [1.807, 2.05) is 30.3 Å². The first-order valence-electron chi connectivity index (χ1n) is 6.84. The molecule has 108 valence electrons. The summed E-state index contributed by atoms with van der Waals surface area (Å²) in [6.45, 7) is 4.59. The van der Waals surface area contributed by atoms with Crippen LogP contribution in [0.5, 0.6) is 0 Å². The van der Waals surface area contributed by atoms with E-state index in [0.717, 1.165) is 21.6 Å². The molecule has 2 N–H and O–H groups in total. The Labute approximate surface area is 127 Å². The summed E-state index contributed by atoms with van der Waals surface area (Å²) in [5.41, 5.74) is 2.10. The molecule has 0 radical (unpaired) electrons. The minimum absolute atomic E-state index is 0.421. The van der Waals surface area contributed by atoms with Gasteiger partial charge in [-0.3, -0.25) is 0 Å². The predicted octanol–water partition coefficient (Wildman–Crippen LogP) is 3.45. The van der Waals surface area contributed by atoms with Gasteiger partial charge in [-0.05, 0) is 25.0 Å². The van der Waals surface area contributed by atoms with Crippen LogP contribution in [0.2, 0.25) is 0 Å². The van der Waals surface area contributed by atoms with Crippen LogP contribution in [0.1, 0.15) is 22.1 Å². The van der Waals surface area contributed by atoms with Crippen LogP contribution >= 0.6 is 11.3 Å². The molecule has 0 aliphatic carbocycles. The second kappa shape index (κ2) is 5.79. The van der Waals surface area contributed by atoms with Crippen molar-refractivity contribution >= 4 is 27.4 Å². The highest BCUT2D eigenvalue weighted by atomic mass is 32.1. The van der Waals surface area contributed by atoms with Gasteiger partial charge < -0.3 is 10.4 Å². The van der Waals surface area contributed by atoms with Crippen LogP contribution in [0.4, 0.5) is 5.82 Å². The Balaban J connectivity index is 1.83. The van der Waals surface area contributed by atoms with Crippen molar-refractivity contribution in [2.75, 3.05) is 11.9 Å². The fraction of sp³-hybridized carbons (Fsp3) is 0.250. The minimum atomic E-state index is -0.559. The Kier molecular flexibility index (Phi) is 3.86. The Morgan fingerprint density at radius 3 is 2.71 bits per heavy atom. The predicted molar refractivity (Wildman–Crippen MR) is 86.8 cm³/mol. The quantitative estimate of drug-likeness (QED) is 0.774. The number of hydrogen-bond acceptors (Lipinski definition) is 5. The van der Waals surface area contributed by atoms with Gasteiger partial charge in [-0.15, -0.1) is 11.3 Å². The van der Waals surface area contributed by atoms with Gasteiger partial charge in [0.15, 0.2) is 0 Å². The van der Waals surface area contributed by atoms with E-state index in [1.54, 1.807) is 17.7 Å². The third kappa shape index (κ3) is 2.75. The summed E-state index contributed by atoms with van der Waals surface area (Å²) in [5.74, 6) is 0.789. The van der Waals surface area contributed by atoms with E-state index in [1.165, 1.54) is 10.4 Å². The number of benzene rings is 1. The molecule has 0 spiro atoms. The molecular weight excluding hydrogens is 282 g/mol. The molecule has 3 aromatic rings. The normalized spacial score (nSPS) is 12.5. The average molecular weight is 299 g/mol. The number of anilines is 1. The Morgan fingerprint density at radius 2 is 1.95 bits per heavy atom. The molecule has 0 aliphatic heterocycles. The number of nitrogens with one attached hydrogen (secondary N) is 1. The third-order valence-corrected chi connectivity index (χ3v) is 4.73. The number of nitrogens with zero attached hydrogens (tertiary/aromatic N) is 2. The molecule has 0 bridgehead atoms. The first-order chi connectivity index (χ1) is 10.2. The molecule has 0 saturated carbocycles. The molecule has 2 aromatic heterocycles. The lowest BCUT2D eigenvalue weighted by atomic mass is 10.1. The molecule has 0 fully saturated rings. The molecular formula is C16H17N3OS. The van der Waals surface area contributed by atoms with Crippen LogP contribution in [0, 0.1) is 13.8 Å². The topological polar surface area (TPSA) is 58.0 Å². The summed E-state index contributed by atoms with van der Waals surface area (Å²) < 4.78 is 0. The third-order valence-electron chi connectivity index (χ3n) is 3.61. The van der Waals surface area contributed by atoms with Gasteiger partial charge in [-0.1, -0.05) is 30.3 Å². The lowest BCUT2D eigenvalue weighted by molar-refractivity contribution is 0.191. The van der Waals surface area contributed by atoms with Crippen molar-refractivity contribution in [2.45, 2.75) is 20.0 Å². The van der Waals surface area contributed by atoms with Gasteiger partial charge in [0.25, 0.3) is 0 Å². The molecule has 3 rings (SSSR count). The van der Waals surface area contributed by atoms with Gasteiger partial charge in [-0.2, -0.15) is 0 Å². The summed E-state index contributed by atoms with van der Waals surface area (Å²) >= 11 is 1.67. The zero-order valence-corrected chi connectivity index (χ0v) is 12.8. The van der Waals surface area contributed by atoms with E-state index >= 15 is 0 Å². The lowest BCUT2D eigenvalue weighted by Gasteiger charge is -2.13. The van der Waals surface area contributed by atoms with E-state index in [0.29, 0.717) is 6.54 Å². The molecule has 5 heteroatoms. The van der Waals surface area contributed by atoms with Crippen molar-refractivity contribution in [1.82, 2.24) is 9.97 Å². The van der Waals surface area contributed by atoms with Gasteiger partial charge >= 0.3 is 0 Å². The minimum Gasteiger partial charge on any atom is -0.387 e. The number of aryl methyl sites for hydroxylation is 2. The number of hydrogen-bond donors (Lipinski definition) is 2. The summed E-state index contributed by atoms with van der Waals surface area (Å²) in [5, 5.41) is 14.5. The van der Waals surface area contributed by atoms with Gasteiger partial charge in [-0.25, -0.2) is 9.97 Å². The van der Waals surface area contributed by atoms with Gasteiger partial charge in [0.1, 0.15) is 17.0 Å². The number of aliphatic hydroxyl groups excluding tert-OH is 1. The van der Waals surface area contributed by atoms with E-state index in [4.69, 9.17) is 0 Å². The summed E-state index contributed by atoms with van der Waals surface area (Å²) in [6, 6.07) is 9.63. The van der Waals surface area contributed by atoms with Crippen LogP contribution in [-0.4, -0.2) is 21.6 Å². The largest absolute Gasteiger partial charge is 0.387 e. The van der Waals surface area contributed by atoms with Gasteiger partial charge in [0, 0.05) is 11.4 Å². The Bertz CT molecular complexity index is 755. The lowest BCUT2D eigenvalue weighted by Crippen LogP contribution is -2.13. The molecule has 21 heavy (non-hydrogen) atoms. The highest BCUT2D eigenvalue weighted by Gasteiger charge is 2.13. The molecule has 0 amide bonds. The number of fused-ring (bicyclic) bond motifs is 1. The monoisotopic (exact) mass is 299 g/mol. The van der Waals surface area contributed by atoms with Crippen molar-refractivity contribution in [3.63, 3.8) is 0 Å². The molecule has 4 nitrogen and oxygen atoms in total. The van der Waals surface area contributed by atoms with E-state index in [9.17, 15) is 5.11 Å². The second-order valence-electron chi connectivity index (χ2n) is 4.99. The molecule has 0 aliphatic rings. The number of aliphatic hydroxyl groups is 1. The Hall–Kier alpha value is -1.98. The summed E-state index contributed by atoms with van der Waals surface area (Å²) in [4.78, 5) is 10.9. The standard InChI is InChI=1S/C16H17N3OS/c1-10-11(2)21-16-14(10)15(18-9-19-16)17-8-13(20)12-6-4-3-5-7-12/h3-7,9,13,20H,8H2,1-2H3,(H,17,18,19)/t13-/m1/s1. The smallest absolute Gasteiger partial charge is 0.138 e. The van der Waals surface area contributed by atoms with Crippen LogP contribution in [0.15, 0.2) is 36.7 Å². The summed E-state index contributed by atoms with van der Waals surface area (Å²) in [6.07, 6.45) is 1.01. The SMILES string of the molecule is Cc1sc2ncnc(NC[C@@H](O)c3ccccc3)c2c1C. The molecule has 2 heterocycles. The van der Waals surface area contributed by atoms with Crippen LogP contribution in [-0.2, 0) is 0 Å². The van der Waals surface area contributed by atoms with Crippen LogP contribution < -0.4 is 5.32 Å². The molecule has 1 atom stereocenters. The maximum atomic E-state index is 10.2. The van der Waals surface area contributed by atoms with Gasteiger partial charge in [0.05, 0.1) is 11.5 Å². The first-order valence-corrected chi connectivity index (χ1v) is 7.66. The van der Waals surface area contributed by atoms with E-state index in [-0.39, 0.29) is 0 Å². The van der Waals surface area contributed by atoms with E-state index < -0.39 is 6.10 Å². The maximum absolute atomic E-state index is 10.2. The van der Waals surface area contributed by atoms with Crippen molar-refractivity contribution in [2.24, 2.45) is 0 Å². The highest BCUT2D eigenvalue weighted by Crippen LogP contribution is 2.32. The first kappa shape index (κ1) is 14.0. The Morgan fingerprint density at radius 1 is 1.19 bits per heavy atom. The molecule has 0 unspecified atom stereocenters. The van der Waals surface area contributed by atoms with Crippen molar-refractivity contribution in [3.8, 4) is 0 Å². The second-order valence-corrected chi connectivity index (χ2v) is 6.20. The zero-order chi connectivity index (χ0) is 14.8. The number of aromatic nitrogens is 2. The van der Waals surface area contributed by atoms with Crippen LogP contribution in [0.3, 0.4) is 0 Å². The van der Waals surface area contributed by atoms with Gasteiger partial charge in [0.2, 0.25) is 0 Å². The van der Waals surface area contributed by atoms with Crippen molar-refractivity contribution in [3.05, 3.63) is 52.7 Å². The highest BCUT2D eigenvalue weighted by molar-refractivity contribution is 7.18. The fourth-order valence-electron chi connectivity index (χ4n) is 2.30. The van der Waals surface area contributed by atoms with Crippen molar-refractivity contribution in [1.29, 1.82) is 0 Å². The zero-order valence-electron chi connectivity index (χ0n) is 12.0. The van der Waals surface area contributed by atoms with E-state index in [2.05, 4.69) is 29.1 Å². The maximum Gasteiger partial charge on any atom is 0.138 e. The summed E-state index contributed by atoms with van der Waals surface area (Å²) in [7, 11) is 0. The number of thiophene rings is 1. The molecule has 1 aromatic carbocycles. The van der Waals surface area contributed by atoms with Crippen molar-refractivity contribution < 1.29 is 5.11 Å².